The average Bonchev–Trinajstić information content (AvgIpc) is 3.43. The summed E-state index contributed by atoms with van der Waals surface area (Å²) in [6, 6.07) is 0.119. The molecule has 10 heteroatoms. The van der Waals surface area contributed by atoms with Gasteiger partial charge in [-0.15, -0.1) is 11.3 Å². The maximum absolute atomic E-state index is 13.3. The molecule has 0 spiro atoms. The van der Waals surface area contributed by atoms with Gasteiger partial charge >= 0.3 is 0 Å². The number of carbonyl (C=O) groups is 2. The molecule has 2 N–H and O–H groups in total. The predicted molar refractivity (Wildman–Crippen MR) is 136 cm³/mol. The molecule has 0 aliphatic carbocycles. The lowest BCUT2D eigenvalue weighted by Crippen LogP contribution is -2.54. The third-order valence-electron chi connectivity index (χ3n) is 6.62. The Kier molecular flexibility index (Phi) is 7.09. The van der Waals surface area contributed by atoms with Gasteiger partial charge in [-0.05, 0) is 39.2 Å². The first-order valence-electron chi connectivity index (χ1n) is 12.0. The predicted octanol–water partition coefficient (Wildman–Crippen LogP) is 3.00. The van der Waals surface area contributed by atoms with Gasteiger partial charge in [0.2, 0.25) is 5.91 Å². The Hall–Kier alpha value is -2.72. The van der Waals surface area contributed by atoms with Crippen LogP contribution in [0.15, 0.2) is 34.5 Å². The number of rotatable bonds is 7. The molecule has 2 aliphatic heterocycles. The molecule has 34 heavy (non-hydrogen) atoms. The minimum absolute atomic E-state index is 0.0346. The van der Waals surface area contributed by atoms with Gasteiger partial charge in [-0.3, -0.25) is 14.9 Å². The van der Waals surface area contributed by atoms with Crippen LogP contribution in [0.1, 0.15) is 53.9 Å². The van der Waals surface area contributed by atoms with Crippen LogP contribution in [-0.4, -0.2) is 63.5 Å². The van der Waals surface area contributed by atoms with Gasteiger partial charge in [0.05, 0.1) is 12.5 Å². The van der Waals surface area contributed by atoms with Gasteiger partial charge in [-0.2, -0.15) is 5.10 Å². The summed E-state index contributed by atoms with van der Waals surface area (Å²) >= 11 is 1.62. The molecular weight excluding hydrogens is 450 g/mol. The number of nitrogens with one attached hydrogen (secondary N) is 2. The Morgan fingerprint density at radius 3 is 2.68 bits per heavy atom. The number of anilines is 1. The van der Waals surface area contributed by atoms with Crippen molar-refractivity contribution >= 4 is 40.0 Å². The molecule has 0 radical (unpaired) electrons. The molecular formula is C24H35N7O2S. The Balaban J connectivity index is 1.49. The van der Waals surface area contributed by atoms with Crippen molar-refractivity contribution in [3.63, 3.8) is 0 Å². The summed E-state index contributed by atoms with van der Waals surface area (Å²) in [5.41, 5.74) is 1.26. The average molecular weight is 486 g/mol. The quantitative estimate of drug-likeness (QED) is 0.629. The summed E-state index contributed by atoms with van der Waals surface area (Å²) in [6.45, 7) is 11.4. The van der Waals surface area contributed by atoms with E-state index in [2.05, 4.69) is 41.5 Å². The zero-order chi connectivity index (χ0) is 24.5. The van der Waals surface area contributed by atoms with Crippen LogP contribution in [0.5, 0.6) is 0 Å². The molecule has 1 unspecified atom stereocenters. The number of hydrogen-bond donors (Lipinski definition) is 2. The number of fused-ring (bicyclic) bond motifs is 1. The SMILES string of the molecule is CCC(C)(C)NC1C=C(C(=O)N2CCC(NC(=O)C(C)C)CC2)N=CN1c1cnn2ccsc12. The molecule has 9 nitrogen and oxygen atoms in total. The van der Waals surface area contributed by atoms with E-state index in [1.54, 1.807) is 17.7 Å². The number of hydrogen-bond acceptors (Lipinski definition) is 7. The summed E-state index contributed by atoms with van der Waals surface area (Å²) in [6.07, 6.45) is 9.64. The standard InChI is InChI=1S/C24H35N7O2S/c1-6-24(4,5)28-20-13-18(25-15-30(20)19-14-26-31-11-12-34-23(19)31)22(33)29-9-7-17(8-10-29)27-21(32)16(2)3/h11-17,20,28H,6-10H2,1-5H3,(H,27,32). The van der Waals surface area contributed by atoms with Gasteiger partial charge in [0, 0.05) is 42.2 Å². The number of piperidine rings is 1. The molecule has 0 bridgehead atoms. The minimum Gasteiger partial charge on any atom is -0.353 e. The molecule has 1 saturated heterocycles. The number of likely N-dealkylation sites (tertiary alicyclic amines) is 1. The van der Waals surface area contributed by atoms with Crippen LogP contribution in [0.2, 0.25) is 0 Å². The van der Waals surface area contributed by atoms with Gasteiger partial charge < -0.3 is 15.1 Å². The molecule has 2 aromatic heterocycles. The summed E-state index contributed by atoms with van der Waals surface area (Å²) in [5.74, 6) is -0.0357. The number of nitrogens with zero attached hydrogens (tertiary/aromatic N) is 5. The summed E-state index contributed by atoms with van der Waals surface area (Å²) in [5, 5.41) is 13.2. The first kappa shape index (κ1) is 24.4. The van der Waals surface area contributed by atoms with Gasteiger partial charge in [-0.25, -0.2) is 9.51 Å². The highest BCUT2D eigenvalue weighted by molar-refractivity contribution is 7.16. The highest BCUT2D eigenvalue weighted by atomic mass is 32.1. The molecule has 0 saturated carbocycles. The fourth-order valence-corrected chi connectivity index (χ4v) is 4.87. The van der Waals surface area contributed by atoms with Crippen LogP contribution < -0.4 is 15.5 Å². The number of thiazole rings is 1. The lowest BCUT2D eigenvalue weighted by Gasteiger charge is -2.38. The zero-order valence-electron chi connectivity index (χ0n) is 20.6. The van der Waals surface area contributed by atoms with Crippen LogP contribution in [0.25, 0.3) is 4.83 Å². The van der Waals surface area contributed by atoms with Crippen molar-refractivity contribution in [2.45, 2.75) is 71.6 Å². The van der Waals surface area contributed by atoms with E-state index in [0.29, 0.717) is 18.8 Å². The summed E-state index contributed by atoms with van der Waals surface area (Å²) in [7, 11) is 0. The topological polar surface area (TPSA) is 94.3 Å². The fraction of sp³-hybridized carbons (Fsp3) is 0.583. The number of amides is 2. The second kappa shape index (κ2) is 9.87. The second-order valence-electron chi connectivity index (χ2n) is 9.94. The van der Waals surface area contributed by atoms with E-state index in [1.807, 2.05) is 52.0 Å². The number of aromatic nitrogens is 2. The molecule has 2 aliphatic rings. The van der Waals surface area contributed by atoms with Gasteiger partial charge in [0.1, 0.15) is 22.4 Å². The molecule has 0 aromatic carbocycles. The third-order valence-corrected chi connectivity index (χ3v) is 7.50. The molecule has 4 rings (SSSR count). The van der Waals surface area contributed by atoms with E-state index in [1.165, 1.54) is 0 Å². The van der Waals surface area contributed by atoms with Gasteiger partial charge in [0.25, 0.3) is 5.91 Å². The molecule has 2 amide bonds. The van der Waals surface area contributed by atoms with Crippen LogP contribution in [0.3, 0.4) is 0 Å². The summed E-state index contributed by atoms with van der Waals surface area (Å²) in [4.78, 5) is 34.8. The minimum atomic E-state index is -0.232. The van der Waals surface area contributed by atoms with Crippen molar-refractivity contribution < 1.29 is 9.59 Å². The third kappa shape index (κ3) is 5.17. The monoisotopic (exact) mass is 485 g/mol. The fourth-order valence-electron chi connectivity index (χ4n) is 4.07. The van der Waals surface area contributed by atoms with Gasteiger partial charge in [-0.1, -0.05) is 20.8 Å². The Labute approximate surface area is 204 Å². The normalized spacial score (nSPS) is 19.7. The lowest BCUT2D eigenvalue weighted by molar-refractivity contribution is -0.128. The van der Waals surface area contributed by atoms with E-state index in [-0.39, 0.29) is 35.5 Å². The molecule has 1 fully saturated rings. The summed E-state index contributed by atoms with van der Waals surface area (Å²) < 4.78 is 1.85. The van der Waals surface area contributed by atoms with Crippen molar-refractivity contribution in [3.05, 3.63) is 29.5 Å². The first-order valence-corrected chi connectivity index (χ1v) is 12.9. The van der Waals surface area contributed by atoms with E-state index in [9.17, 15) is 9.59 Å². The van der Waals surface area contributed by atoms with Gasteiger partial charge in [0.15, 0.2) is 0 Å². The smallest absolute Gasteiger partial charge is 0.272 e. The molecule has 4 heterocycles. The van der Waals surface area contributed by atoms with E-state index in [0.717, 1.165) is 29.8 Å². The Bertz CT molecular complexity index is 1090. The van der Waals surface area contributed by atoms with Crippen LogP contribution >= 0.6 is 11.3 Å². The zero-order valence-corrected chi connectivity index (χ0v) is 21.4. The van der Waals surface area contributed by atoms with Crippen molar-refractivity contribution in [1.82, 2.24) is 25.1 Å². The first-order chi connectivity index (χ1) is 16.2. The largest absolute Gasteiger partial charge is 0.353 e. The second-order valence-corrected chi connectivity index (χ2v) is 10.8. The number of aliphatic imine (C=N–C) groups is 1. The van der Waals surface area contributed by atoms with Crippen molar-refractivity contribution in [3.8, 4) is 0 Å². The maximum atomic E-state index is 13.3. The highest BCUT2D eigenvalue weighted by Gasteiger charge is 2.32. The highest BCUT2D eigenvalue weighted by Crippen LogP contribution is 2.29. The van der Waals surface area contributed by atoms with Crippen molar-refractivity contribution in [2.75, 3.05) is 18.0 Å². The van der Waals surface area contributed by atoms with Crippen LogP contribution in [0.4, 0.5) is 5.69 Å². The van der Waals surface area contributed by atoms with E-state index in [4.69, 9.17) is 0 Å². The lowest BCUT2D eigenvalue weighted by atomic mass is 10.0. The Morgan fingerprint density at radius 1 is 1.26 bits per heavy atom. The van der Waals surface area contributed by atoms with Crippen LogP contribution in [-0.2, 0) is 9.59 Å². The van der Waals surface area contributed by atoms with Crippen molar-refractivity contribution in [2.24, 2.45) is 10.9 Å². The van der Waals surface area contributed by atoms with E-state index >= 15 is 0 Å². The Morgan fingerprint density at radius 2 is 2.00 bits per heavy atom. The van der Waals surface area contributed by atoms with E-state index < -0.39 is 0 Å². The number of carbonyl (C=O) groups excluding carboxylic acids is 2. The molecule has 184 valence electrons. The molecule has 2 aromatic rings. The molecule has 1 atom stereocenters. The van der Waals surface area contributed by atoms with Crippen LogP contribution in [0, 0.1) is 5.92 Å². The van der Waals surface area contributed by atoms with Crippen molar-refractivity contribution in [1.29, 1.82) is 0 Å². The maximum Gasteiger partial charge on any atom is 0.272 e.